The molecular formula is C24H30N4O2. The van der Waals surface area contributed by atoms with Gasteiger partial charge in [0.1, 0.15) is 5.75 Å². The van der Waals surface area contributed by atoms with Crippen LogP contribution in [0.3, 0.4) is 0 Å². The number of guanidine groups is 1. The average molecular weight is 407 g/mol. The fourth-order valence-corrected chi connectivity index (χ4v) is 3.85. The maximum absolute atomic E-state index is 12.5. The van der Waals surface area contributed by atoms with Crippen molar-refractivity contribution in [2.75, 3.05) is 18.4 Å². The van der Waals surface area contributed by atoms with Crippen LogP contribution < -0.4 is 20.7 Å². The van der Waals surface area contributed by atoms with Gasteiger partial charge in [-0.25, -0.2) is 0 Å². The van der Waals surface area contributed by atoms with Crippen molar-refractivity contribution in [3.63, 3.8) is 0 Å². The molecule has 2 aliphatic rings. The number of carbonyl (C=O) groups excluding carboxylic acids is 1. The SMILES string of the molecule is O=C(NCc1ccc(NC2=NCCN2)cc1)c1ccc(OC2CCCCCC2)cc1. The Labute approximate surface area is 178 Å². The minimum absolute atomic E-state index is 0.0808. The van der Waals surface area contributed by atoms with Gasteiger partial charge in [0, 0.05) is 24.3 Å². The molecule has 0 unspecified atom stereocenters. The van der Waals surface area contributed by atoms with Crippen molar-refractivity contribution in [2.24, 2.45) is 4.99 Å². The van der Waals surface area contributed by atoms with Gasteiger partial charge in [0.05, 0.1) is 12.6 Å². The maximum atomic E-state index is 12.5. The molecule has 6 heteroatoms. The van der Waals surface area contributed by atoms with Gasteiger partial charge in [0.15, 0.2) is 5.96 Å². The van der Waals surface area contributed by atoms with Crippen LogP contribution in [0.5, 0.6) is 5.75 Å². The smallest absolute Gasteiger partial charge is 0.251 e. The predicted molar refractivity (Wildman–Crippen MR) is 120 cm³/mol. The van der Waals surface area contributed by atoms with Crippen molar-refractivity contribution >= 4 is 17.6 Å². The molecule has 1 aliphatic carbocycles. The molecule has 4 rings (SSSR count). The molecular weight excluding hydrogens is 376 g/mol. The maximum Gasteiger partial charge on any atom is 0.251 e. The fraction of sp³-hybridized carbons (Fsp3) is 0.417. The zero-order chi connectivity index (χ0) is 20.6. The Morgan fingerprint density at radius 2 is 1.73 bits per heavy atom. The van der Waals surface area contributed by atoms with E-state index in [-0.39, 0.29) is 5.91 Å². The number of benzene rings is 2. The van der Waals surface area contributed by atoms with Crippen molar-refractivity contribution in [2.45, 2.75) is 51.2 Å². The highest BCUT2D eigenvalue weighted by Gasteiger charge is 2.14. The Kier molecular flexibility index (Phi) is 6.85. The number of hydrogen-bond donors (Lipinski definition) is 3. The molecule has 0 spiro atoms. The van der Waals surface area contributed by atoms with E-state index in [4.69, 9.17) is 4.74 Å². The molecule has 1 amide bonds. The van der Waals surface area contributed by atoms with Gasteiger partial charge < -0.3 is 20.7 Å². The third-order valence-electron chi connectivity index (χ3n) is 5.57. The summed E-state index contributed by atoms with van der Waals surface area (Å²) in [4.78, 5) is 16.8. The summed E-state index contributed by atoms with van der Waals surface area (Å²) in [6.07, 6.45) is 7.67. The lowest BCUT2D eigenvalue weighted by Gasteiger charge is -2.17. The first kappa shape index (κ1) is 20.3. The summed E-state index contributed by atoms with van der Waals surface area (Å²) in [5, 5.41) is 9.40. The lowest BCUT2D eigenvalue weighted by molar-refractivity contribution is 0.0951. The first-order valence-electron chi connectivity index (χ1n) is 11.0. The van der Waals surface area contributed by atoms with E-state index in [1.165, 1.54) is 25.7 Å². The van der Waals surface area contributed by atoms with Gasteiger partial charge >= 0.3 is 0 Å². The number of rotatable bonds is 6. The van der Waals surface area contributed by atoms with Gasteiger partial charge in [-0.15, -0.1) is 0 Å². The third kappa shape index (κ3) is 5.75. The van der Waals surface area contributed by atoms with Crippen LogP contribution in [-0.2, 0) is 6.54 Å². The number of nitrogens with one attached hydrogen (secondary N) is 3. The van der Waals surface area contributed by atoms with Crippen LogP contribution in [0, 0.1) is 0 Å². The zero-order valence-electron chi connectivity index (χ0n) is 17.3. The summed E-state index contributed by atoms with van der Waals surface area (Å²) < 4.78 is 6.11. The van der Waals surface area contributed by atoms with Crippen LogP contribution in [0.1, 0.15) is 54.4 Å². The van der Waals surface area contributed by atoms with Gasteiger partial charge in [-0.3, -0.25) is 9.79 Å². The van der Waals surface area contributed by atoms with Crippen molar-refractivity contribution in [3.8, 4) is 5.75 Å². The quantitative estimate of drug-likeness (QED) is 0.632. The second kappa shape index (κ2) is 10.1. The Balaban J connectivity index is 1.25. The summed E-state index contributed by atoms with van der Waals surface area (Å²) >= 11 is 0. The Morgan fingerprint density at radius 1 is 1.00 bits per heavy atom. The van der Waals surface area contributed by atoms with E-state index < -0.39 is 0 Å². The molecule has 0 radical (unpaired) electrons. The van der Waals surface area contributed by atoms with Crippen molar-refractivity contribution in [1.82, 2.24) is 10.6 Å². The molecule has 1 saturated carbocycles. The highest BCUT2D eigenvalue weighted by Crippen LogP contribution is 2.23. The number of nitrogens with zero attached hydrogens (tertiary/aromatic N) is 1. The number of anilines is 1. The van der Waals surface area contributed by atoms with E-state index in [1.807, 2.05) is 48.5 Å². The number of aliphatic imine (C=N–C) groups is 1. The normalized spacial score (nSPS) is 16.9. The Bertz CT molecular complexity index is 854. The van der Waals surface area contributed by atoms with E-state index in [0.29, 0.717) is 18.2 Å². The monoisotopic (exact) mass is 406 g/mol. The van der Waals surface area contributed by atoms with Gasteiger partial charge in [-0.1, -0.05) is 25.0 Å². The molecule has 2 aromatic carbocycles. The highest BCUT2D eigenvalue weighted by molar-refractivity contribution is 5.95. The predicted octanol–water partition coefficient (Wildman–Crippen LogP) is 4.09. The average Bonchev–Trinajstić information content (AvgIpc) is 3.15. The molecule has 2 aromatic rings. The standard InChI is InChI=1S/C24H30N4O2/c29-23(19-9-13-22(14-10-19)30-21-5-3-1-2-4-6-21)27-17-18-7-11-20(12-8-18)28-24-25-15-16-26-24/h7-14,21H,1-6,15-17H2,(H,27,29)(H2,25,26,28). The van der Waals surface area contributed by atoms with E-state index in [9.17, 15) is 4.79 Å². The third-order valence-corrected chi connectivity index (χ3v) is 5.57. The molecule has 0 saturated heterocycles. The van der Waals surface area contributed by atoms with E-state index >= 15 is 0 Å². The van der Waals surface area contributed by atoms with Gasteiger partial charge in [0.25, 0.3) is 5.91 Å². The summed E-state index contributed by atoms with van der Waals surface area (Å²) in [5.41, 5.74) is 2.66. The largest absolute Gasteiger partial charge is 0.490 e. The lowest BCUT2D eigenvalue weighted by atomic mass is 10.1. The number of hydrogen-bond acceptors (Lipinski definition) is 5. The minimum atomic E-state index is -0.0808. The molecule has 0 bridgehead atoms. The fourth-order valence-electron chi connectivity index (χ4n) is 3.85. The molecule has 158 valence electrons. The zero-order valence-corrected chi connectivity index (χ0v) is 17.3. The van der Waals surface area contributed by atoms with Crippen LogP contribution in [0.4, 0.5) is 5.69 Å². The van der Waals surface area contributed by atoms with Crippen LogP contribution in [0.15, 0.2) is 53.5 Å². The summed E-state index contributed by atoms with van der Waals surface area (Å²) in [6.45, 7) is 2.17. The van der Waals surface area contributed by atoms with Crippen LogP contribution in [0.2, 0.25) is 0 Å². The topological polar surface area (TPSA) is 74.8 Å². The number of amides is 1. The second-order valence-electron chi connectivity index (χ2n) is 7.92. The number of ether oxygens (including phenoxy) is 1. The van der Waals surface area contributed by atoms with Gasteiger partial charge in [0.2, 0.25) is 0 Å². The molecule has 3 N–H and O–H groups in total. The van der Waals surface area contributed by atoms with Gasteiger partial charge in [-0.05, 0) is 67.6 Å². The molecule has 30 heavy (non-hydrogen) atoms. The van der Waals surface area contributed by atoms with Crippen molar-refractivity contribution in [1.29, 1.82) is 0 Å². The molecule has 1 heterocycles. The first-order chi connectivity index (χ1) is 14.8. The van der Waals surface area contributed by atoms with Gasteiger partial charge in [-0.2, -0.15) is 0 Å². The summed E-state index contributed by atoms with van der Waals surface area (Å²) in [5.74, 6) is 1.58. The van der Waals surface area contributed by atoms with Crippen molar-refractivity contribution in [3.05, 3.63) is 59.7 Å². The summed E-state index contributed by atoms with van der Waals surface area (Å²) in [6, 6.07) is 15.5. The highest BCUT2D eigenvalue weighted by atomic mass is 16.5. The van der Waals surface area contributed by atoms with E-state index in [2.05, 4.69) is 20.9 Å². The molecule has 0 aromatic heterocycles. The van der Waals surface area contributed by atoms with E-state index in [0.717, 1.165) is 48.9 Å². The Morgan fingerprint density at radius 3 is 2.40 bits per heavy atom. The molecule has 1 aliphatic heterocycles. The van der Waals surface area contributed by atoms with Crippen LogP contribution in [0.25, 0.3) is 0 Å². The summed E-state index contributed by atoms with van der Waals surface area (Å²) in [7, 11) is 0. The lowest BCUT2D eigenvalue weighted by Crippen LogP contribution is -2.26. The van der Waals surface area contributed by atoms with Crippen LogP contribution >= 0.6 is 0 Å². The Hall–Kier alpha value is -3.02. The molecule has 1 fully saturated rings. The van der Waals surface area contributed by atoms with Crippen molar-refractivity contribution < 1.29 is 9.53 Å². The first-order valence-corrected chi connectivity index (χ1v) is 11.0. The molecule has 6 nitrogen and oxygen atoms in total. The minimum Gasteiger partial charge on any atom is -0.490 e. The molecule has 0 atom stereocenters. The van der Waals surface area contributed by atoms with E-state index in [1.54, 1.807) is 0 Å². The number of carbonyl (C=O) groups is 1. The second-order valence-corrected chi connectivity index (χ2v) is 7.92. The van der Waals surface area contributed by atoms with Crippen LogP contribution in [-0.4, -0.2) is 31.1 Å².